The second-order valence-electron chi connectivity index (χ2n) is 4.70. The molecule has 0 fully saturated rings. The van der Waals surface area contributed by atoms with Crippen LogP contribution in [0.15, 0.2) is 0 Å². The van der Waals surface area contributed by atoms with Crippen molar-refractivity contribution in [2.75, 3.05) is 6.54 Å². The van der Waals surface area contributed by atoms with E-state index in [4.69, 9.17) is 0 Å². The van der Waals surface area contributed by atoms with Crippen LogP contribution in [0.3, 0.4) is 0 Å². The van der Waals surface area contributed by atoms with Crippen molar-refractivity contribution in [2.24, 2.45) is 0 Å². The van der Waals surface area contributed by atoms with Gasteiger partial charge in [0.05, 0.1) is 6.54 Å². The molecule has 0 aliphatic heterocycles. The molecule has 116 valence electrons. The summed E-state index contributed by atoms with van der Waals surface area (Å²) in [6.45, 7) is 1.87. The molecular weight excluding hydrogens is 272 g/mol. The van der Waals surface area contributed by atoms with Crippen LogP contribution in [0.5, 0.6) is 0 Å². The molecule has 0 aromatic heterocycles. The van der Waals surface area contributed by atoms with E-state index >= 15 is 0 Å². The Morgan fingerprint density at radius 2 is 1.53 bits per heavy atom. The van der Waals surface area contributed by atoms with Crippen LogP contribution in [-0.4, -0.2) is 24.9 Å². The lowest BCUT2D eigenvalue weighted by Gasteiger charge is -2.17. The zero-order valence-electron chi connectivity index (χ0n) is 11.1. The second kappa shape index (κ2) is 8.66. The van der Waals surface area contributed by atoms with E-state index in [-0.39, 0.29) is 32.2 Å². The van der Waals surface area contributed by atoms with Crippen LogP contribution in [0, 0.1) is 0 Å². The maximum absolute atomic E-state index is 13.2. The molecule has 0 spiro atoms. The minimum Gasteiger partial charge on any atom is -0.283 e. The Hall–Kier alpha value is -0.460. The lowest BCUT2D eigenvalue weighted by Crippen LogP contribution is -2.96. The molecule has 0 aliphatic rings. The third kappa shape index (κ3) is 10.0. The molecule has 0 saturated heterocycles. The fourth-order valence-electron chi connectivity index (χ4n) is 1.66. The predicted octanol–water partition coefficient (Wildman–Crippen LogP) is 3.79. The molecule has 0 radical (unpaired) electrons. The van der Waals surface area contributed by atoms with Crippen molar-refractivity contribution in [1.82, 2.24) is 0 Å². The Balaban J connectivity index is 3.65. The third-order valence-corrected chi connectivity index (χ3v) is 2.79. The van der Waals surface area contributed by atoms with Gasteiger partial charge in [0.2, 0.25) is 6.17 Å². The van der Waals surface area contributed by atoms with Crippen LogP contribution in [0.2, 0.25) is 0 Å². The standard InChI is InChI=1S/C12H21F6N/c1-2-9-19-12(17,18)10(13)7-5-3-4-6-8-11(14,15)16/h10,19H,2-9H2,1H3/p+1. The highest BCUT2D eigenvalue weighted by Gasteiger charge is 2.43. The predicted molar refractivity (Wildman–Crippen MR) is 60.7 cm³/mol. The van der Waals surface area contributed by atoms with Gasteiger partial charge in [0.1, 0.15) is 0 Å². The van der Waals surface area contributed by atoms with Crippen molar-refractivity contribution < 1.29 is 31.7 Å². The summed E-state index contributed by atoms with van der Waals surface area (Å²) < 4.78 is 75.0. The summed E-state index contributed by atoms with van der Waals surface area (Å²) in [5.74, 6) is 0. The van der Waals surface area contributed by atoms with Crippen LogP contribution in [0.1, 0.15) is 51.9 Å². The topological polar surface area (TPSA) is 16.6 Å². The van der Waals surface area contributed by atoms with Gasteiger partial charge in [0, 0.05) is 6.42 Å². The highest BCUT2D eigenvalue weighted by molar-refractivity contribution is 4.65. The summed E-state index contributed by atoms with van der Waals surface area (Å²) in [5, 5.41) is 0.682. The third-order valence-electron chi connectivity index (χ3n) is 2.79. The first kappa shape index (κ1) is 18.5. The van der Waals surface area contributed by atoms with Crippen LogP contribution < -0.4 is 5.32 Å². The maximum Gasteiger partial charge on any atom is 0.419 e. The molecule has 0 aliphatic carbocycles. The van der Waals surface area contributed by atoms with Crippen LogP contribution in [-0.2, 0) is 0 Å². The van der Waals surface area contributed by atoms with E-state index in [1.54, 1.807) is 6.92 Å². The molecule has 1 unspecified atom stereocenters. The molecule has 0 aromatic rings. The lowest BCUT2D eigenvalue weighted by atomic mass is 10.1. The van der Waals surface area contributed by atoms with Gasteiger partial charge in [-0.05, 0) is 19.3 Å². The van der Waals surface area contributed by atoms with E-state index in [2.05, 4.69) is 0 Å². The average molecular weight is 294 g/mol. The van der Waals surface area contributed by atoms with Gasteiger partial charge in [-0.1, -0.05) is 26.2 Å². The molecule has 0 heterocycles. The summed E-state index contributed by atoms with van der Waals surface area (Å²) in [6, 6.07) is -3.43. The molecule has 0 amide bonds. The Bertz CT molecular complexity index is 229. The summed E-state index contributed by atoms with van der Waals surface area (Å²) in [4.78, 5) is 0. The zero-order chi connectivity index (χ0) is 14.9. The zero-order valence-corrected chi connectivity index (χ0v) is 11.1. The molecule has 0 rings (SSSR count). The molecule has 7 heteroatoms. The first-order valence-electron chi connectivity index (χ1n) is 6.62. The molecule has 1 nitrogen and oxygen atoms in total. The fraction of sp³-hybridized carbons (Fsp3) is 1.00. The quantitative estimate of drug-likeness (QED) is 0.358. The number of hydrogen-bond acceptors (Lipinski definition) is 0. The van der Waals surface area contributed by atoms with Crippen LogP contribution in [0.25, 0.3) is 0 Å². The van der Waals surface area contributed by atoms with Gasteiger partial charge in [-0.2, -0.15) is 13.2 Å². The Kier molecular flexibility index (Phi) is 8.45. The van der Waals surface area contributed by atoms with Gasteiger partial charge in [-0.25, -0.2) is 4.39 Å². The molecule has 2 N–H and O–H groups in total. The van der Waals surface area contributed by atoms with Gasteiger partial charge in [0.25, 0.3) is 0 Å². The van der Waals surface area contributed by atoms with E-state index in [9.17, 15) is 26.3 Å². The number of rotatable bonds is 10. The van der Waals surface area contributed by atoms with Gasteiger partial charge < -0.3 is 0 Å². The Morgan fingerprint density at radius 3 is 2.05 bits per heavy atom. The first-order chi connectivity index (χ1) is 8.69. The van der Waals surface area contributed by atoms with Crippen LogP contribution in [0.4, 0.5) is 26.3 Å². The number of unbranched alkanes of at least 4 members (excludes halogenated alkanes) is 3. The van der Waals surface area contributed by atoms with Crippen molar-refractivity contribution in [3.8, 4) is 0 Å². The van der Waals surface area contributed by atoms with E-state index < -0.39 is 24.8 Å². The highest BCUT2D eigenvalue weighted by Crippen LogP contribution is 2.24. The number of nitrogens with two attached hydrogens (primary N) is 1. The smallest absolute Gasteiger partial charge is 0.283 e. The number of alkyl halides is 6. The monoisotopic (exact) mass is 294 g/mol. The highest BCUT2D eigenvalue weighted by atomic mass is 19.4. The van der Waals surface area contributed by atoms with Crippen molar-refractivity contribution >= 4 is 0 Å². The SMILES string of the molecule is CCC[NH2+]C(F)(F)C(F)CCCCCCC(F)(F)F. The molecule has 19 heavy (non-hydrogen) atoms. The first-order valence-corrected chi connectivity index (χ1v) is 6.62. The van der Waals surface area contributed by atoms with Crippen molar-refractivity contribution in [2.45, 2.75) is 70.3 Å². The lowest BCUT2D eigenvalue weighted by molar-refractivity contribution is -0.789. The molecule has 0 aromatic carbocycles. The Morgan fingerprint density at radius 1 is 0.947 bits per heavy atom. The maximum atomic E-state index is 13.2. The van der Waals surface area contributed by atoms with Crippen molar-refractivity contribution in [3.63, 3.8) is 0 Å². The molecule has 0 saturated carbocycles. The largest absolute Gasteiger partial charge is 0.419 e. The van der Waals surface area contributed by atoms with E-state index in [1.165, 1.54) is 0 Å². The number of halogens is 6. The van der Waals surface area contributed by atoms with E-state index in [0.717, 1.165) is 0 Å². The number of hydrogen-bond donors (Lipinski definition) is 1. The van der Waals surface area contributed by atoms with Crippen molar-refractivity contribution in [1.29, 1.82) is 0 Å². The normalized spacial score (nSPS) is 14.7. The van der Waals surface area contributed by atoms with Gasteiger partial charge in [0.15, 0.2) is 0 Å². The van der Waals surface area contributed by atoms with Crippen LogP contribution >= 0.6 is 0 Å². The second-order valence-corrected chi connectivity index (χ2v) is 4.70. The van der Waals surface area contributed by atoms with Gasteiger partial charge in [-0.15, -0.1) is 8.78 Å². The average Bonchev–Trinajstić information content (AvgIpc) is 2.29. The van der Waals surface area contributed by atoms with Gasteiger partial charge >= 0.3 is 12.2 Å². The number of quaternary nitrogens is 1. The molecule has 0 bridgehead atoms. The minimum absolute atomic E-state index is 0.0290. The van der Waals surface area contributed by atoms with Crippen molar-refractivity contribution in [3.05, 3.63) is 0 Å². The summed E-state index contributed by atoms with van der Waals surface area (Å²) in [5.41, 5.74) is 0. The fourth-order valence-corrected chi connectivity index (χ4v) is 1.66. The Labute approximate surface area is 109 Å². The summed E-state index contributed by atoms with van der Waals surface area (Å²) in [6.07, 6.45) is -6.26. The minimum atomic E-state index is -4.18. The van der Waals surface area contributed by atoms with E-state index in [0.29, 0.717) is 18.2 Å². The molecular formula is C12H22F6N+. The molecule has 1 atom stereocenters. The van der Waals surface area contributed by atoms with Gasteiger partial charge in [-0.3, -0.25) is 5.32 Å². The summed E-state index contributed by atoms with van der Waals surface area (Å²) in [7, 11) is 0. The van der Waals surface area contributed by atoms with E-state index in [1.807, 2.05) is 0 Å². The summed E-state index contributed by atoms with van der Waals surface area (Å²) >= 11 is 0.